The Morgan fingerprint density at radius 1 is 0.367 bits per heavy atom. The Morgan fingerprint density at radius 2 is 0.667 bits per heavy atom. The van der Waals surface area contributed by atoms with Gasteiger partial charge in [-0.15, -0.1) is 0 Å². The number of hydrogen-bond acceptors (Lipinski definition) is 0. The Kier molecular flexibility index (Phi) is 4.44. The standard InChI is InChI=1S/C30H26/c1-19-15-25-26-16-20(2)22(4)18-28(26)30(24-13-9-6-10-14-24)29(27(25)17-21(19)3)23-11-7-5-8-12-23/h5-18H,1-4H3. The number of benzene rings is 5. The van der Waals surface area contributed by atoms with Gasteiger partial charge in [-0.25, -0.2) is 0 Å². The molecule has 0 spiro atoms. The Labute approximate surface area is 178 Å². The SMILES string of the molecule is Cc1cc2c(-c3ccccc3)c(-c3ccccc3)c3cc(C)c(C)cc3c2cc1C. The van der Waals surface area contributed by atoms with Crippen molar-refractivity contribution < 1.29 is 0 Å². The van der Waals surface area contributed by atoms with Crippen molar-refractivity contribution in [3.05, 3.63) is 107 Å². The molecule has 0 heterocycles. The molecule has 0 amide bonds. The van der Waals surface area contributed by atoms with Crippen molar-refractivity contribution in [3.8, 4) is 22.3 Å². The average molecular weight is 387 g/mol. The van der Waals surface area contributed by atoms with Gasteiger partial charge >= 0.3 is 0 Å². The molecule has 0 atom stereocenters. The van der Waals surface area contributed by atoms with E-state index in [-0.39, 0.29) is 0 Å². The normalized spacial score (nSPS) is 11.3. The molecular formula is C30H26. The topological polar surface area (TPSA) is 0 Å². The third kappa shape index (κ3) is 2.92. The van der Waals surface area contributed by atoms with Gasteiger partial charge in [-0.05, 0) is 93.7 Å². The number of hydrogen-bond donors (Lipinski definition) is 0. The van der Waals surface area contributed by atoms with Gasteiger partial charge in [0.05, 0.1) is 0 Å². The van der Waals surface area contributed by atoms with Crippen molar-refractivity contribution in [1.29, 1.82) is 0 Å². The zero-order valence-electron chi connectivity index (χ0n) is 18.1. The van der Waals surface area contributed by atoms with Crippen LogP contribution in [-0.2, 0) is 0 Å². The van der Waals surface area contributed by atoms with E-state index in [9.17, 15) is 0 Å². The van der Waals surface area contributed by atoms with Crippen LogP contribution >= 0.6 is 0 Å². The molecule has 0 nitrogen and oxygen atoms in total. The molecule has 0 radical (unpaired) electrons. The minimum atomic E-state index is 1.27. The van der Waals surface area contributed by atoms with E-state index >= 15 is 0 Å². The second kappa shape index (κ2) is 7.15. The highest BCUT2D eigenvalue weighted by Gasteiger charge is 2.18. The molecule has 0 aliphatic rings. The van der Waals surface area contributed by atoms with Crippen LogP contribution in [0, 0.1) is 27.7 Å². The fraction of sp³-hybridized carbons (Fsp3) is 0.133. The van der Waals surface area contributed by atoms with Gasteiger partial charge in [0.25, 0.3) is 0 Å². The second-order valence-corrected chi connectivity index (χ2v) is 8.45. The minimum Gasteiger partial charge on any atom is -0.0622 e. The molecule has 0 heteroatoms. The fourth-order valence-corrected chi connectivity index (χ4v) is 4.57. The maximum atomic E-state index is 2.38. The van der Waals surface area contributed by atoms with Crippen molar-refractivity contribution in [2.75, 3.05) is 0 Å². The van der Waals surface area contributed by atoms with Gasteiger partial charge in [0, 0.05) is 0 Å². The summed E-state index contributed by atoms with van der Waals surface area (Å²) in [6.07, 6.45) is 0. The summed E-state index contributed by atoms with van der Waals surface area (Å²) in [6.45, 7) is 8.87. The number of aryl methyl sites for hydroxylation is 4. The maximum absolute atomic E-state index is 2.38. The molecule has 0 fully saturated rings. The summed E-state index contributed by atoms with van der Waals surface area (Å²) in [5.74, 6) is 0. The predicted octanol–water partition coefficient (Wildman–Crippen LogP) is 8.56. The molecule has 0 N–H and O–H groups in total. The first-order valence-electron chi connectivity index (χ1n) is 10.6. The van der Waals surface area contributed by atoms with E-state index < -0.39 is 0 Å². The third-order valence-corrected chi connectivity index (χ3v) is 6.47. The lowest BCUT2D eigenvalue weighted by atomic mass is 9.83. The van der Waals surface area contributed by atoms with Crippen LogP contribution in [0.3, 0.4) is 0 Å². The minimum absolute atomic E-state index is 1.27. The molecular weight excluding hydrogens is 360 g/mol. The molecule has 0 bridgehead atoms. The van der Waals surface area contributed by atoms with Crippen LogP contribution in [0.2, 0.25) is 0 Å². The molecule has 146 valence electrons. The lowest BCUT2D eigenvalue weighted by Gasteiger charge is -2.20. The molecule has 0 aromatic heterocycles. The van der Waals surface area contributed by atoms with Crippen molar-refractivity contribution in [2.45, 2.75) is 27.7 Å². The molecule has 0 aliphatic carbocycles. The summed E-state index contributed by atoms with van der Waals surface area (Å²) in [4.78, 5) is 0. The monoisotopic (exact) mass is 386 g/mol. The molecule has 0 saturated heterocycles. The van der Waals surface area contributed by atoms with Crippen molar-refractivity contribution in [3.63, 3.8) is 0 Å². The van der Waals surface area contributed by atoms with Crippen LogP contribution in [0.15, 0.2) is 84.9 Å². The first-order valence-corrected chi connectivity index (χ1v) is 10.6. The summed E-state index contributed by atoms with van der Waals surface area (Å²) < 4.78 is 0. The molecule has 5 aromatic carbocycles. The van der Waals surface area contributed by atoms with E-state index in [0.717, 1.165) is 0 Å². The van der Waals surface area contributed by atoms with E-state index in [1.54, 1.807) is 0 Å². The lowest BCUT2D eigenvalue weighted by Crippen LogP contribution is -1.95. The summed E-state index contributed by atoms with van der Waals surface area (Å²) in [6, 6.07) is 31.2. The zero-order valence-corrected chi connectivity index (χ0v) is 18.1. The number of rotatable bonds is 2. The highest BCUT2D eigenvalue weighted by molar-refractivity contribution is 6.22. The second-order valence-electron chi connectivity index (χ2n) is 8.45. The molecule has 5 aromatic rings. The molecule has 0 saturated carbocycles. The van der Waals surface area contributed by atoms with Crippen LogP contribution in [-0.4, -0.2) is 0 Å². The van der Waals surface area contributed by atoms with Gasteiger partial charge in [0.2, 0.25) is 0 Å². The smallest absolute Gasteiger partial charge is 0.00202 e. The summed E-state index contributed by atoms with van der Waals surface area (Å²) in [7, 11) is 0. The van der Waals surface area contributed by atoms with E-state index in [0.29, 0.717) is 0 Å². The van der Waals surface area contributed by atoms with Crippen molar-refractivity contribution in [1.82, 2.24) is 0 Å². The highest BCUT2D eigenvalue weighted by atomic mass is 14.2. The molecule has 0 aliphatic heterocycles. The van der Waals surface area contributed by atoms with E-state index in [4.69, 9.17) is 0 Å². The number of fused-ring (bicyclic) bond motifs is 3. The maximum Gasteiger partial charge on any atom is -0.00202 e. The van der Waals surface area contributed by atoms with E-state index in [2.05, 4.69) is 113 Å². The zero-order chi connectivity index (χ0) is 20.8. The lowest BCUT2D eigenvalue weighted by molar-refractivity contribution is 1.36. The molecule has 30 heavy (non-hydrogen) atoms. The van der Waals surface area contributed by atoms with Crippen LogP contribution in [0.25, 0.3) is 43.8 Å². The van der Waals surface area contributed by atoms with E-state index in [1.807, 2.05) is 0 Å². The van der Waals surface area contributed by atoms with Gasteiger partial charge in [-0.3, -0.25) is 0 Å². The van der Waals surface area contributed by atoms with Gasteiger partial charge in [-0.2, -0.15) is 0 Å². The Balaban J connectivity index is 2.10. The first-order chi connectivity index (χ1) is 14.5. The van der Waals surface area contributed by atoms with Gasteiger partial charge in [0.1, 0.15) is 0 Å². The van der Waals surface area contributed by atoms with Crippen molar-refractivity contribution in [2.24, 2.45) is 0 Å². The summed E-state index contributed by atoms with van der Waals surface area (Å²) >= 11 is 0. The Morgan fingerprint density at radius 3 is 1.00 bits per heavy atom. The van der Waals surface area contributed by atoms with Gasteiger partial charge < -0.3 is 0 Å². The van der Waals surface area contributed by atoms with Crippen molar-refractivity contribution >= 4 is 21.5 Å². The molecule has 5 rings (SSSR count). The average Bonchev–Trinajstić information content (AvgIpc) is 2.76. The van der Waals surface area contributed by atoms with Crippen LogP contribution in [0.4, 0.5) is 0 Å². The predicted molar refractivity (Wildman–Crippen MR) is 131 cm³/mol. The van der Waals surface area contributed by atoms with Gasteiger partial charge in [-0.1, -0.05) is 84.9 Å². The Hall–Kier alpha value is -3.38. The fourth-order valence-electron chi connectivity index (χ4n) is 4.57. The highest BCUT2D eigenvalue weighted by Crippen LogP contribution is 2.45. The van der Waals surface area contributed by atoms with Crippen LogP contribution in [0.5, 0.6) is 0 Å². The largest absolute Gasteiger partial charge is 0.0622 e. The third-order valence-electron chi connectivity index (χ3n) is 6.47. The molecule has 0 unspecified atom stereocenters. The van der Waals surface area contributed by atoms with Crippen LogP contribution in [0.1, 0.15) is 22.3 Å². The Bertz CT molecular complexity index is 1280. The quantitative estimate of drug-likeness (QED) is 0.267. The van der Waals surface area contributed by atoms with E-state index in [1.165, 1.54) is 66.1 Å². The summed E-state index contributed by atoms with van der Waals surface area (Å²) in [5.41, 5.74) is 10.5. The first kappa shape index (κ1) is 18.6. The summed E-state index contributed by atoms with van der Waals surface area (Å²) in [5, 5.41) is 5.35. The van der Waals surface area contributed by atoms with Crippen LogP contribution < -0.4 is 0 Å². The van der Waals surface area contributed by atoms with Gasteiger partial charge in [0.15, 0.2) is 0 Å².